The van der Waals surface area contributed by atoms with Gasteiger partial charge in [0.1, 0.15) is 4.92 Å². The average molecular weight is 331 g/mol. The van der Waals surface area contributed by atoms with E-state index in [2.05, 4.69) is 10.2 Å². The van der Waals surface area contributed by atoms with E-state index >= 15 is 0 Å². The first kappa shape index (κ1) is 16.0. The van der Waals surface area contributed by atoms with Gasteiger partial charge in [0.25, 0.3) is 5.91 Å². The largest absolute Gasteiger partial charge is 0.433 e. The molecule has 2 N–H and O–H groups in total. The number of hydrogen-bond donors (Lipinski definition) is 2. The number of carbonyl (C=O) groups is 1. The fourth-order valence-electron chi connectivity index (χ4n) is 2.74. The number of nitrogens with one attached hydrogen (secondary N) is 1. The summed E-state index contributed by atoms with van der Waals surface area (Å²) in [6.07, 6.45) is 0.0598. The number of hydrogen-bond acceptors (Lipinski definition) is 6. The van der Waals surface area contributed by atoms with Gasteiger partial charge in [-0.3, -0.25) is 14.9 Å². The van der Waals surface area contributed by atoms with Crippen molar-refractivity contribution in [1.82, 2.24) is 5.32 Å². The summed E-state index contributed by atoms with van der Waals surface area (Å²) in [6.45, 7) is 0.935. The van der Waals surface area contributed by atoms with E-state index < -0.39 is 22.8 Å². The van der Waals surface area contributed by atoms with Crippen LogP contribution in [0.2, 0.25) is 0 Å². The minimum atomic E-state index is -0.866. The molecule has 0 saturated heterocycles. The molecule has 0 spiro atoms. The number of benzene rings is 1. The van der Waals surface area contributed by atoms with Crippen molar-refractivity contribution >= 4 is 17.5 Å². The summed E-state index contributed by atoms with van der Waals surface area (Å²) in [6, 6.07) is 8.06. The Balaban J connectivity index is 1.61. The quantitative estimate of drug-likeness (QED) is 0.637. The van der Waals surface area contributed by atoms with Crippen LogP contribution in [0.25, 0.3) is 0 Å². The van der Waals surface area contributed by atoms with Crippen molar-refractivity contribution in [2.24, 2.45) is 0 Å². The highest BCUT2D eigenvalue weighted by Gasteiger charge is 2.20. The standard InChI is InChI=1S/C16H17N3O5/c1-18-7-6-10-8-11(2-3-12(10)18)13(20)9-17-16(21)14-4-5-15(24-14)19(22)23/h2-5,8,13,20H,6-7,9H2,1H3,(H,17,21). The molecule has 1 atom stereocenters. The van der Waals surface area contributed by atoms with Crippen LogP contribution in [0.5, 0.6) is 0 Å². The van der Waals surface area contributed by atoms with Crippen molar-refractivity contribution in [3.8, 4) is 0 Å². The second kappa shape index (κ2) is 6.32. The SMILES string of the molecule is CN1CCc2cc(C(O)CNC(=O)c3ccc([N+](=O)[O-])o3)ccc21. The molecule has 0 saturated carbocycles. The van der Waals surface area contributed by atoms with Crippen molar-refractivity contribution in [3.05, 3.63) is 57.3 Å². The van der Waals surface area contributed by atoms with Crippen LogP contribution in [0.3, 0.4) is 0 Å². The molecule has 0 radical (unpaired) electrons. The first-order chi connectivity index (χ1) is 11.5. The molecule has 1 amide bonds. The van der Waals surface area contributed by atoms with Crippen LogP contribution in [-0.2, 0) is 6.42 Å². The van der Waals surface area contributed by atoms with Gasteiger partial charge in [-0.2, -0.15) is 0 Å². The predicted octanol–water partition coefficient (Wildman–Crippen LogP) is 1.64. The highest BCUT2D eigenvalue weighted by molar-refractivity contribution is 5.91. The van der Waals surface area contributed by atoms with Gasteiger partial charge in [0.15, 0.2) is 5.76 Å². The highest BCUT2D eigenvalue weighted by atomic mass is 16.6. The average Bonchev–Trinajstić information content (AvgIpc) is 3.19. The van der Waals surface area contributed by atoms with Gasteiger partial charge in [0, 0.05) is 25.8 Å². The minimum Gasteiger partial charge on any atom is -0.395 e. The summed E-state index contributed by atoms with van der Waals surface area (Å²) >= 11 is 0. The molecule has 2 heterocycles. The Morgan fingerprint density at radius 2 is 2.25 bits per heavy atom. The zero-order valence-electron chi connectivity index (χ0n) is 13.1. The molecular weight excluding hydrogens is 314 g/mol. The Morgan fingerprint density at radius 3 is 2.96 bits per heavy atom. The molecule has 0 fully saturated rings. The number of amides is 1. The summed E-state index contributed by atoms with van der Waals surface area (Å²) in [5.41, 5.74) is 3.04. The van der Waals surface area contributed by atoms with Crippen LogP contribution in [0.15, 0.2) is 34.7 Å². The molecule has 1 aliphatic rings. The van der Waals surface area contributed by atoms with E-state index in [-0.39, 0.29) is 12.3 Å². The molecule has 8 heteroatoms. The van der Waals surface area contributed by atoms with E-state index in [1.165, 1.54) is 11.6 Å². The third-order valence-electron chi connectivity index (χ3n) is 4.07. The van der Waals surface area contributed by atoms with Gasteiger partial charge >= 0.3 is 5.88 Å². The van der Waals surface area contributed by atoms with Crippen molar-refractivity contribution in [2.45, 2.75) is 12.5 Å². The lowest BCUT2D eigenvalue weighted by atomic mass is 10.0. The van der Waals surface area contributed by atoms with Crippen molar-refractivity contribution in [3.63, 3.8) is 0 Å². The fraction of sp³-hybridized carbons (Fsp3) is 0.312. The third kappa shape index (κ3) is 3.09. The molecule has 1 aromatic heterocycles. The second-order valence-corrected chi connectivity index (χ2v) is 5.68. The Kier molecular flexibility index (Phi) is 4.22. The maximum absolute atomic E-state index is 11.9. The highest BCUT2D eigenvalue weighted by Crippen LogP contribution is 2.29. The number of carbonyl (C=O) groups excluding carboxylic acids is 1. The number of likely N-dealkylation sites (N-methyl/N-ethyl adjacent to an activating group) is 1. The van der Waals surface area contributed by atoms with Gasteiger partial charge in [0.05, 0.1) is 12.2 Å². The lowest BCUT2D eigenvalue weighted by molar-refractivity contribution is -0.402. The monoisotopic (exact) mass is 331 g/mol. The minimum absolute atomic E-state index is 0.0119. The summed E-state index contributed by atoms with van der Waals surface area (Å²) in [5, 5.41) is 23.3. The van der Waals surface area contributed by atoms with Crippen LogP contribution in [0.1, 0.15) is 27.8 Å². The number of nitrogens with zero attached hydrogens (tertiary/aromatic N) is 2. The first-order valence-corrected chi connectivity index (χ1v) is 7.50. The second-order valence-electron chi connectivity index (χ2n) is 5.68. The Hall–Kier alpha value is -2.87. The number of rotatable bonds is 5. The maximum atomic E-state index is 11.9. The molecule has 3 rings (SSSR count). The lowest BCUT2D eigenvalue weighted by Crippen LogP contribution is -2.28. The number of furan rings is 1. The zero-order chi connectivity index (χ0) is 17.3. The van der Waals surface area contributed by atoms with Gasteiger partial charge in [-0.05, 0) is 29.7 Å². The van der Waals surface area contributed by atoms with E-state index in [4.69, 9.17) is 4.42 Å². The molecule has 1 unspecified atom stereocenters. The van der Waals surface area contributed by atoms with Crippen molar-refractivity contribution < 1.29 is 19.2 Å². The Morgan fingerprint density at radius 1 is 1.46 bits per heavy atom. The number of anilines is 1. The summed E-state index contributed by atoms with van der Waals surface area (Å²) < 4.78 is 4.82. The van der Waals surface area contributed by atoms with Crippen LogP contribution in [0, 0.1) is 10.1 Å². The zero-order valence-corrected chi connectivity index (χ0v) is 13.1. The van der Waals surface area contributed by atoms with Crippen LogP contribution in [0.4, 0.5) is 11.6 Å². The van der Waals surface area contributed by atoms with Gasteiger partial charge < -0.3 is 19.7 Å². The molecule has 2 aromatic rings. The number of nitro groups is 1. The van der Waals surface area contributed by atoms with E-state index in [0.29, 0.717) is 0 Å². The molecule has 0 bridgehead atoms. The number of aliphatic hydroxyl groups excluding tert-OH is 1. The molecule has 1 aromatic carbocycles. The third-order valence-corrected chi connectivity index (χ3v) is 4.07. The van der Waals surface area contributed by atoms with Gasteiger partial charge in [-0.1, -0.05) is 12.1 Å². The van der Waals surface area contributed by atoms with Crippen LogP contribution < -0.4 is 10.2 Å². The van der Waals surface area contributed by atoms with E-state index in [9.17, 15) is 20.0 Å². The van der Waals surface area contributed by atoms with E-state index in [1.54, 1.807) is 0 Å². The van der Waals surface area contributed by atoms with Crippen LogP contribution >= 0.6 is 0 Å². The van der Waals surface area contributed by atoms with Crippen molar-refractivity contribution in [2.75, 3.05) is 25.0 Å². The fourth-order valence-corrected chi connectivity index (χ4v) is 2.74. The molecule has 126 valence electrons. The smallest absolute Gasteiger partial charge is 0.395 e. The molecule has 1 aliphatic heterocycles. The normalized spacial score (nSPS) is 14.3. The lowest BCUT2D eigenvalue weighted by Gasteiger charge is -2.15. The predicted molar refractivity (Wildman–Crippen MR) is 86.1 cm³/mol. The van der Waals surface area contributed by atoms with E-state index in [1.807, 2.05) is 25.2 Å². The van der Waals surface area contributed by atoms with Gasteiger partial charge in [0.2, 0.25) is 0 Å². The Bertz CT molecular complexity index is 786. The van der Waals surface area contributed by atoms with Gasteiger partial charge in [-0.15, -0.1) is 0 Å². The summed E-state index contributed by atoms with van der Waals surface area (Å²) in [5.74, 6) is -1.27. The van der Waals surface area contributed by atoms with Crippen molar-refractivity contribution in [1.29, 1.82) is 0 Å². The summed E-state index contributed by atoms with van der Waals surface area (Å²) in [4.78, 5) is 23.9. The molecule has 8 nitrogen and oxygen atoms in total. The Labute approximate surface area is 137 Å². The first-order valence-electron chi connectivity index (χ1n) is 7.50. The topological polar surface area (TPSA) is 109 Å². The molecular formula is C16H17N3O5. The summed E-state index contributed by atoms with van der Waals surface area (Å²) in [7, 11) is 2.02. The maximum Gasteiger partial charge on any atom is 0.433 e. The number of fused-ring (bicyclic) bond motifs is 1. The van der Waals surface area contributed by atoms with E-state index in [0.717, 1.165) is 30.3 Å². The van der Waals surface area contributed by atoms with Crippen LogP contribution in [-0.4, -0.2) is 36.1 Å². The molecule has 0 aliphatic carbocycles. The van der Waals surface area contributed by atoms with Gasteiger partial charge in [-0.25, -0.2) is 0 Å². The molecule has 24 heavy (non-hydrogen) atoms. The number of aliphatic hydroxyl groups is 1.